The zero-order chi connectivity index (χ0) is 16.6. The molecule has 0 amide bonds. The van der Waals surface area contributed by atoms with Crippen LogP contribution in [-0.2, 0) is 6.54 Å². The van der Waals surface area contributed by atoms with Crippen LogP contribution in [0.3, 0.4) is 0 Å². The summed E-state index contributed by atoms with van der Waals surface area (Å²) < 4.78 is 29.9. The molecule has 0 aliphatic heterocycles. The van der Waals surface area contributed by atoms with E-state index in [-0.39, 0.29) is 12.4 Å². The zero-order valence-electron chi connectivity index (χ0n) is 12.1. The normalized spacial score (nSPS) is 11.0. The molecule has 7 heteroatoms. The highest BCUT2D eigenvalue weighted by atomic mass is 35.5. The molecule has 0 unspecified atom stereocenters. The molecular weight excluding hydrogens is 324 g/mol. The first kappa shape index (κ1) is 15.4. The van der Waals surface area contributed by atoms with Crippen molar-refractivity contribution >= 4 is 11.6 Å². The van der Waals surface area contributed by atoms with Crippen LogP contribution in [0, 0.1) is 18.6 Å². The molecule has 0 aliphatic carbocycles. The van der Waals surface area contributed by atoms with Gasteiger partial charge in [0.2, 0.25) is 0 Å². The van der Waals surface area contributed by atoms with E-state index in [0.717, 1.165) is 26.9 Å². The Kier molecular flexibility index (Phi) is 4.00. The molecule has 0 fully saturated rings. The third kappa shape index (κ3) is 2.90. The van der Waals surface area contributed by atoms with Crippen LogP contribution in [0.2, 0.25) is 5.02 Å². The second-order valence-electron chi connectivity index (χ2n) is 5.02. The molecule has 23 heavy (non-hydrogen) atoms. The number of benzene rings is 2. The van der Waals surface area contributed by atoms with Crippen LogP contribution in [0.15, 0.2) is 47.3 Å². The van der Waals surface area contributed by atoms with Crippen LogP contribution >= 0.6 is 11.6 Å². The van der Waals surface area contributed by atoms with Gasteiger partial charge in [0.15, 0.2) is 0 Å². The van der Waals surface area contributed by atoms with Crippen LogP contribution in [0.4, 0.5) is 8.78 Å². The predicted molar refractivity (Wildman–Crippen MR) is 83.0 cm³/mol. The maximum absolute atomic E-state index is 13.9. The fraction of sp³-hybridized carbons (Fsp3) is 0.125. The number of hydrogen-bond donors (Lipinski definition) is 0. The second kappa shape index (κ2) is 5.96. The summed E-state index contributed by atoms with van der Waals surface area (Å²) in [6.07, 6.45) is 0. The number of aromatic nitrogens is 3. The number of aryl methyl sites for hydroxylation is 1. The first-order valence-corrected chi connectivity index (χ1v) is 7.20. The number of rotatable bonds is 3. The molecule has 3 aromatic rings. The van der Waals surface area contributed by atoms with Gasteiger partial charge in [-0.05, 0) is 36.8 Å². The van der Waals surface area contributed by atoms with E-state index >= 15 is 0 Å². The highest BCUT2D eigenvalue weighted by molar-refractivity contribution is 6.30. The van der Waals surface area contributed by atoms with Crippen LogP contribution in [0.25, 0.3) is 5.69 Å². The Hall–Kier alpha value is -2.47. The Morgan fingerprint density at radius 1 is 1.09 bits per heavy atom. The van der Waals surface area contributed by atoms with Gasteiger partial charge in [-0.1, -0.05) is 29.8 Å². The monoisotopic (exact) mass is 335 g/mol. The lowest BCUT2D eigenvalue weighted by molar-refractivity contribution is 0.562. The van der Waals surface area contributed by atoms with Crippen molar-refractivity contribution < 1.29 is 8.78 Å². The van der Waals surface area contributed by atoms with E-state index in [1.807, 2.05) is 0 Å². The Morgan fingerprint density at radius 2 is 1.70 bits per heavy atom. The lowest BCUT2D eigenvalue weighted by Crippen LogP contribution is -2.26. The van der Waals surface area contributed by atoms with Crippen molar-refractivity contribution in [3.05, 3.63) is 81.0 Å². The highest BCUT2D eigenvalue weighted by Gasteiger charge is 2.18. The van der Waals surface area contributed by atoms with Gasteiger partial charge in [0.05, 0.1) is 6.54 Å². The lowest BCUT2D eigenvalue weighted by Gasteiger charge is -2.05. The number of halogens is 3. The number of hydrogen-bond acceptors (Lipinski definition) is 2. The molecule has 0 saturated heterocycles. The Bertz CT molecular complexity index is 896. The summed E-state index contributed by atoms with van der Waals surface area (Å²) >= 11 is 5.82. The van der Waals surface area contributed by atoms with E-state index in [2.05, 4.69) is 5.10 Å². The fourth-order valence-corrected chi connectivity index (χ4v) is 2.47. The quantitative estimate of drug-likeness (QED) is 0.736. The minimum Gasteiger partial charge on any atom is -0.246 e. The van der Waals surface area contributed by atoms with Gasteiger partial charge in [0, 0.05) is 5.02 Å². The van der Waals surface area contributed by atoms with Crippen molar-refractivity contribution in [2.24, 2.45) is 0 Å². The van der Waals surface area contributed by atoms with E-state index in [1.165, 1.54) is 13.0 Å². The van der Waals surface area contributed by atoms with Crippen LogP contribution in [0.5, 0.6) is 0 Å². The van der Waals surface area contributed by atoms with Gasteiger partial charge in [-0.3, -0.25) is 0 Å². The molecule has 0 spiro atoms. The molecule has 0 N–H and O–H groups in total. The molecule has 118 valence electrons. The van der Waals surface area contributed by atoms with E-state index < -0.39 is 23.0 Å². The van der Waals surface area contributed by atoms with Crippen molar-refractivity contribution in [2.75, 3.05) is 0 Å². The molecular formula is C16H12ClF2N3O. The Morgan fingerprint density at radius 3 is 2.30 bits per heavy atom. The topological polar surface area (TPSA) is 39.8 Å². The van der Waals surface area contributed by atoms with Crippen molar-refractivity contribution in [1.29, 1.82) is 0 Å². The third-order valence-corrected chi connectivity index (χ3v) is 3.66. The largest absolute Gasteiger partial charge is 0.351 e. The minimum atomic E-state index is -0.818. The lowest BCUT2D eigenvalue weighted by atomic mass is 10.2. The molecule has 0 saturated carbocycles. The predicted octanol–water partition coefficient (Wildman–Crippen LogP) is 3.32. The molecule has 1 aromatic heterocycles. The van der Waals surface area contributed by atoms with Crippen molar-refractivity contribution in [3.8, 4) is 5.69 Å². The van der Waals surface area contributed by atoms with Crippen LogP contribution < -0.4 is 5.69 Å². The second-order valence-corrected chi connectivity index (χ2v) is 5.46. The molecule has 2 aromatic carbocycles. The van der Waals surface area contributed by atoms with Gasteiger partial charge < -0.3 is 0 Å². The van der Waals surface area contributed by atoms with Gasteiger partial charge in [0.1, 0.15) is 23.1 Å². The van der Waals surface area contributed by atoms with E-state index in [0.29, 0.717) is 5.02 Å². The summed E-state index contributed by atoms with van der Waals surface area (Å²) in [4.78, 5) is 12.5. The standard InChI is InChI=1S/C16H12ClF2N3O/c1-10-20-21(9-11-5-7-12(17)8-6-11)16(23)22(10)15-13(18)3-2-4-14(15)19/h2-8H,9H2,1H3. The first-order chi connectivity index (χ1) is 11.0. The zero-order valence-corrected chi connectivity index (χ0v) is 12.9. The molecule has 4 nitrogen and oxygen atoms in total. The maximum atomic E-state index is 13.9. The Labute approximate surface area is 135 Å². The summed E-state index contributed by atoms with van der Waals surface area (Å²) in [5.41, 5.74) is -0.228. The maximum Gasteiger partial charge on any atom is 0.351 e. The number of para-hydroxylation sites is 1. The highest BCUT2D eigenvalue weighted by Crippen LogP contribution is 2.17. The van der Waals surface area contributed by atoms with Gasteiger partial charge in [0.25, 0.3) is 0 Å². The molecule has 0 radical (unpaired) electrons. The number of nitrogens with zero attached hydrogens (tertiary/aromatic N) is 3. The van der Waals surface area contributed by atoms with Gasteiger partial charge >= 0.3 is 5.69 Å². The van der Waals surface area contributed by atoms with E-state index in [1.54, 1.807) is 24.3 Å². The molecule has 0 aliphatic rings. The van der Waals surface area contributed by atoms with Crippen molar-refractivity contribution in [3.63, 3.8) is 0 Å². The third-order valence-electron chi connectivity index (χ3n) is 3.41. The first-order valence-electron chi connectivity index (χ1n) is 6.82. The molecule has 1 heterocycles. The van der Waals surface area contributed by atoms with E-state index in [9.17, 15) is 13.6 Å². The van der Waals surface area contributed by atoms with E-state index in [4.69, 9.17) is 11.6 Å². The SMILES string of the molecule is Cc1nn(Cc2ccc(Cl)cc2)c(=O)n1-c1c(F)cccc1F. The van der Waals surface area contributed by atoms with Crippen LogP contribution in [-0.4, -0.2) is 14.3 Å². The average molecular weight is 336 g/mol. The van der Waals surface area contributed by atoms with Crippen molar-refractivity contribution in [1.82, 2.24) is 14.3 Å². The average Bonchev–Trinajstić information content (AvgIpc) is 2.77. The summed E-state index contributed by atoms with van der Waals surface area (Å²) in [7, 11) is 0. The van der Waals surface area contributed by atoms with Gasteiger partial charge in [-0.25, -0.2) is 22.8 Å². The van der Waals surface area contributed by atoms with Crippen LogP contribution in [0.1, 0.15) is 11.4 Å². The molecule has 0 bridgehead atoms. The van der Waals surface area contributed by atoms with Gasteiger partial charge in [-0.2, -0.15) is 5.10 Å². The minimum absolute atomic E-state index is 0.180. The summed E-state index contributed by atoms with van der Waals surface area (Å²) in [6.45, 7) is 1.70. The molecule has 0 atom stereocenters. The fourth-order valence-electron chi connectivity index (χ4n) is 2.34. The smallest absolute Gasteiger partial charge is 0.246 e. The Balaban J connectivity index is 2.07. The molecule has 3 rings (SSSR count). The van der Waals surface area contributed by atoms with Crippen molar-refractivity contribution in [2.45, 2.75) is 13.5 Å². The summed E-state index contributed by atoms with van der Waals surface area (Å²) in [6, 6.07) is 10.3. The van der Waals surface area contributed by atoms with Gasteiger partial charge in [-0.15, -0.1) is 0 Å². The summed E-state index contributed by atoms with van der Waals surface area (Å²) in [5, 5.41) is 4.67. The summed E-state index contributed by atoms with van der Waals surface area (Å²) in [5.74, 6) is -1.43.